The topological polar surface area (TPSA) is 149 Å². The maximum absolute atomic E-state index is 13.8. The second-order valence-corrected chi connectivity index (χ2v) is 10.4. The number of phenolic OH excluding ortho intramolecular Hbond substituents is 1. The van der Waals surface area contributed by atoms with Crippen LogP contribution >= 0.6 is 0 Å². The largest absolute Gasteiger partial charge is 0.508 e. The molecular formula is C27H30O8. The minimum absolute atomic E-state index is 0.0328. The molecule has 4 rings (SSSR count). The summed E-state index contributed by atoms with van der Waals surface area (Å²) >= 11 is 0. The van der Waals surface area contributed by atoms with E-state index in [2.05, 4.69) is 0 Å². The van der Waals surface area contributed by atoms with E-state index in [0.717, 1.165) is 12.5 Å². The highest BCUT2D eigenvalue weighted by molar-refractivity contribution is 6.24. The molecule has 4 N–H and O–H groups in total. The zero-order valence-electron chi connectivity index (χ0n) is 20.4. The second-order valence-electron chi connectivity index (χ2n) is 10.4. The summed E-state index contributed by atoms with van der Waals surface area (Å²) in [4.78, 5) is 50.9. The van der Waals surface area contributed by atoms with Crippen molar-refractivity contribution in [2.45, 2.75) is 59.5 Å². The Balaban J connectivity index is 1.97. The lowest BCUT2D eigenvalue weighted by atomic mass is 9.54. The molecule has 186 valence electrons. The average Bonchev–Trinajstić information content (AvgIpc) is 2.73. The quantitative estimate of drug-likeness (QED) is 0.479. The van der Waals surface area contributed by atoms with Crippen molar-refractivity contribution in [1.82, 2.24) is 0 Å². The van der Waals surface area contributed by atoms with Crippen LogP contribution in [0.5, 0.6) is 5.75 Å². The van der Waals surface area contributed by atoms with Gasteiger partial charge in [0, 0.05) is 29.4 Å². The van der Waals surface area contributed by atoms with Gasteiger partial charge in [-0.05, 0) is 56.6 Å². The number of aliphatic hydroxyl groups is 3. The maximum Gasteiger partial charge on any atom is 0.202 e. The number of Topliss-reactive ketones (excluding diaryl/α,β-unsaturated/α-hetero) is 4. The van der Waals surface area contributed by atoms with Crippen molar-refractivity contribution < 1.29 is 39.6 Å². The molecule has 35 heavy (non-hydrogen) atoms. The van der Waals surface area contributed by atoms with E-state index in [1.807, 2.05) is 0 Å². The van der Waals surface area contributed by atoms with Gasteiger partial charge in [0.25, 0.3) is 0 Å². The summed E-state index contributed by atoms with van der Waals surface area (Å²) < 4.78 is 0. The Kier molecular flexibility index (Phi) is 5.79. The Morgan fingerprint density at radius 3 is 2.31 bits per heavy atom. The number of aryl methyl sites for hydroxylation is 1. The predicted octanol–water partition coefficient (Wildman–Crippen LogP) is 2.85. The van der Waals surface area contributed by atoms with E-state index in [0.29, 0.717) is 11.1 Å². The van der Waals surface area contributed by atoms with Crippen LogP contribution in [0.2, 0.25) is 0 Å². The van der Waals surface area contributed by atoms with Crippen molar-refractivity contribution in [2.24, 2.45) is 23.7 Å². The lowest BCUT2D eigenvalue weighted by Gasteiger charge is -2.50. The fourth-order valence-corrected chi connectivity index (χ4v) is 6.31. The second kappa shape index (κ2) is 8.16. The summed E-state index contributed by atoms with van der Waals surface area (Å²) in [5.74, 6) is -7.09. The zero-order valence-corrected chi connectivity index (χ0v) is 20.4. The van der Waals surface area contributed by atoms with Gasteiger partial charge in [-0.25, -0.2) is 0 Å². The molecule has 0 radical (unpaired) electrons. The van der Waals surface area contributed by atoms with Gasteiger partial charge in [-0.15, -0.1) is 0 Å². The lowest BCUT2D eigenvalue weighted by molar-refractivity contribution is -0.155. The number of allylic oxidation sites excluding steroid dienone is 1. The van der Waals surface area contributed by atoms with Crippen molar-refractivity contribution in [3.05, 3.63) is 45.2 Å². The lowest BCUT2D eigenvalue weighted by Crippen LogP contribution is -2.61. The number of hydrogen-bond donors (Lipinski definition) is 4. The fraction of sp³-hybridized carbons (Fsp3) is 0.481. The molecule has 1 aromatic carbocycles. The highest BCUT2D eigenvalue weighted by atomic mass is 16.3. The number of carbonyl (C=O) groups excluding carboxylic acids is 4. The van der Waals surface area contributed by atoms with E-state index in [4.69, 9.17) is 0 Å². The van der Waals surface area contributed by atoms with Gasteiger partial charge in [-0.1, -0.05) is 19.9 Å². The van der Waals surface area contributed by atoms with E-state index in [-0.39, 0.29) is 47.8 Å². The van der Waals surface area contributed by atoms with Crippen LogP contribution in [0.3, 0.4) is 0 Å². The number of aliphatic hydroxyl groups excluding tert-OH is 2. The van der Waals surface area contributed by atoms with E-state index >= 15 is 0 Å². The number of benzene rings is 1. The highest BCUT2D eigenvalue weighted by Crippen LogP contribution is 2.55. The van der Waals surface area contributed by atoms with Gasteiger partial charge in [-0.2, -0.15) is 0 Å². The normalized spacial score (nSPS) is 28.1. The van der Waals surface area contributed by atoms with Crippen LogP contribution in [-0.2, 0) is 32.0 Å². The number of ketones is 4. The third kappa shape index (κ3) is 3.37. The summed E-state index contributed by atoms with van der Waals surface area (Å²) in [5, 5.41) is 44.8. The summed E-state index contributed by atoms with van der Waals surface area (Å²) in [5.41, 5.74) is -1.61. The van der Waals surface area contributed by atoms with Crippen LogP contribution < -0.4 is 0 Å². The molecule has 0 aliphatic heterocycles. The summed E-state index contributed by atoms with van der Waals surface area (Å²) in [6.07, 6.45) is 0.311. The van der Waals surface area contributed by atoms with Gasteiger partial charge < -0.3 is 20.4 Å². The van der Waals surface area contributed by atoms with Gasteiger partial charge >= 0.3 is 0 Å². The van der Waals surface area contributed by atoms with Crippen molar-refractivity contribution in [2.75, 3.05) is 0 Å². The Hall–Kier alpha value is -3.26. The summed E-state index contributed by atoms with van der Waals surface area (Å²) in [7, 11) is 0. The molecule has 4 atom stereocenters. The van der Waals surface area contributed by atoms with Gasteiger partial charge in [0.15, 0.2) is 17.2 Å². The number of aromatic hydroxyl groups is 1. The van der Waals surface area contributed by atoms with Crippen LogP contribution in [0.25, 0.3) is 5.76 Å². The molecule has 8 heteroatoms. The van der Waals surface area contributed by atoms with Crippen molar-refractivity contribution >= 4 is 28.9 Å². The molecule has 8 nitrogen and oxygen atoms in total. The van der Waals surface area contributed by atoms with Crippen molar-refractivity contribution in [3.63, 3.8) is 0 Å². The predicted molar refractivity (Wildman–Crippen MR) is 126 cm³/mol. The first kappa shape index (κ1) is 24.9. The van der Waals surface area contributed by atoms with Gasteiger partial charge in [0.05, 0.1) is 5.56 Å². The molecule has 0 bridgehead atoms. The minimum atomic E-state index is -2.55. The molecule has 0 saturated heterocycles. The molecule has 0 heterocycles. The van der Waals surface area contributed by atoms with E-state index in [9.17, 15) is 39.6 Å². The first-order valence-electron chi connectivity index (χ1n) is 11.8. The number of fused-ring (bicyclic) bond motifs is 3. The Morgan fingerprint density at radius 1 is 1.14 bits per heavy atom. The number of phenols is 1. The monoisotopic (exact) mass is 482 g/mol. The SMILES string of the molecule is CC(=O)Cc1cc(C)c2c(c1O)C(O)=C1C(=O)[C@@]3(O)C(O)=C(C(C)=O)C(=O)C(C(C)C)C3CC1C2. The highest BCUT2D eigenvalue weighted by Gasteiger charge is 2.63. The first-order valence-corrected chi connectivity index (χ1v) is 11.8. The molecule has 3 unspecified atom stereocenters. The van der Waals surface area contributed by atoms with Gasteiger partial charge in [0.1, 0.15) is 28.6 Å². The molecule has 0 aromatic heterocycles. The molecular weight excluding hydrogens is 452 g/mol. The average molecular weight is 483 g/mol. The number of hydrogen-bond acceptors (Lipinski definition) is 8. The van der Waals surface area contributed by atoms with Crippen LogP contribution in [0.1, 0.15) is 56.4 Å². The Morgan fingerprint density at radius 2 is 1.77 bits per heavy atom. The molecule has 0 amide bonds. The van der Waals surface area contributed by atoms with Crippen molar-refractivity contribution in [1.29, 1.82) is 0 Å². The fourth-order valence-electron chi connectivity index (χ4n) is 6.31. The minimum Gasteiger partial charge on any atom is -0.508 e. The van der Waals surface area contributed by atoms with Crippen molar-refractivity contribution in [3.8, 4) is 5.75 Å². The molecule has 1 aromatic rings. The molecule has 0 spiro atoms. The summed E-state index contributed by atoms with van der Waals surface area (Å²) in [6, 6.07) is 1.68. The third-order valence-corrected chi connectivity index (χ3v) is 7.82. The smallest absolute Gasteiger partial charge is 0.202 e. The van der Waals surface area contributed by atoms with Gasteiger partial charge in [0.2, 0.25) is 5.78 Å². The van der Waals surface area contributed by atoms with Crippen LogP contribution in [0.4, 0.5) is 0 Å². The maximum atomic E-state index is 13.8. The zero-order chi connectivity index (χ0) is 26.1. The van der Waals surface area contributed by atoms with Crippen LogP contribution in [-0.4, -0.2) is 49.2 Å². The molecule has 1 fully saturated rings. The van der Waals surface area contributed by atoms with Crippen LogP contribution in [0.15, 0.2) is 23.0 Å². The van der Waals surface area contributed by atoms with E-state index in [1.54, 1.807) is 26.8 Å². The van der Waals surface area contributed by atoms with Gasteiger partial charge in [-0.3, -0.25) is 19.2 Å². The third-order valence-electron chi connectivity index (χ3n) is 7.82. The summed E-state index contributed by atoms with van der Waals surface area (Å²) in [6.45, 7) is 7.76. The number of rotatable bonds is 4. The number of carbonyl (C=O) groups is 4. The standard InChI is InChI=1S/C27H30O8/c1-10(2)18-17-9-14-8-16-11(3)6-15(7-12(4)28)22(30)21(16)24(32)20(14)26(34)27(17,35)25(33)19(13(5)29)23(18)31/h6,10,14,17-18,30,32-33,35H,7-9H2,1-5H3/t14?,17?,18?,27-/m0/s1. The molecule has 1 saturated carbocycles. The first-order chi connectivity index (χ1) is 16.2. The Bertz CT molecular complexity index is 1260. The molecule has 3 aliphatic rings. The van der Waals surface area contributed by atoms with Crippen LogP contribution in [0, 0.1) is 30.6 Å². The van der Waals surface area contributed by atoms with E-state index in [1.165, 1.54) is 6.92 Å². The van der Waals surface area contributed by atoms with E-state index < -0.39 is 57.8 Å². The molecule has 3 aliphatic carbocycles. The Labute approximate surface area is 203 Å².